The highest BCUT2D eigenvalue weighted by Crippen LogP contribution is 2.53. The van der Waals surface area contributed by atoms with Gasteiger partial charge >= 0.3 is 0 Å². The molecule has 1 unspecified atom stereocenters. The summed E-state index contributed by atoms with van der Waals surface area (Å²) in [5.41, 5.74) is 3.15. The van der Waals surface area contributed by atoms with E-state index in [9.17, 15) is 14.4 Å². The largest absolute Gasteiger partial charge is 0.384 e. The van der Waals surface area contributed by atoms with Crippen molar-refractivity contribution in [1.82, 2.24) is 20.9 Å². The van der Waals surface area contributed by atoms with Crippen LogP contribution in [0.5, 0.6) is 0 Å². The molecule has 4 aliphatic heterocycles. The predicted molar refractivity (Wildman–Crippen MR) is 108 cm³/mol. The first kappa shape index (κ1) is 19.7. The molecule has 0 spiro atoms. The van der Waals surface area contributed by atoms with Crippen LogP contribution in [0.25, 0.3) is 0 Å². The molecule has 160 valence electrons. The molecule has 3 N–H and O–H groups in total. The molecule has 6 rings (SSSR count). The Balaban J connectivity index is 1.19. The molecular weight excluding hydrogens is 384 g/mol. The molecule has 1 atom stereocenters. The van der Waals surface area contributed by atoms with E-state index in [-0.39, 0.29) is 29.7 Å². The summed E-state index contributed by atoms with van der Waals surface area (Å²) in [5, 5.41) is 9.54. The molecule has 4 fully saturated rings. The lowest BCUT2D eigenvalue weighted by molar-refractivity contribution is -0.136. The Morgan fingerprint density at radius 2 is 2.10 bits per heavy atom. The zero-order valence-corrected chi connectivity index (χ0v) is 17.3. The molecule has 8 heteroatoms. The summed E-state index contributed by atoms with van der Waals surface area (Å²) in [6.45, 7) is 3.85. The lowest BCUT2D eigenvalue weighted by atomic mass is 9.62. The molecule has 1 aromatic carbocycles. The number of carbonyl (C=O) groups is 3. The molecule has 0 aromatic heterocycles. The molecular formula is C22H28N4O4. The summed E-state index contributed by atoms with van der Waals surface area (Å²) in [5.74, 6) is -0.765. The van der Waals surface area contributed by atoms with Gasteiger partial charge in [-0.2, -0.15) is 0 Å². The smallest absolute Gasteiger partial charge is 0.255 e. The van der Waals surface area contributed by atoms with Crippen LogP contribution in [0.4, 0.5) is 0 Å². The van der Waals surface area contributed by atoms with Crippen molar-refractivity contribution in [2.45, 2.75) is 50.4 Å². The van der Waals surface area contributed by atoms with Crippen LogP contribution in [0.15, 0.2) is 18.2 Å². The zero-order chi connectivity index (χ0) is 20.9. The molecule has 2 bridgehead atoms. The van der Waals surface area contributed by atoms with E-state index in [4.69, 9.17) is 4.74 Å². The van der Waals surface area contributed by atoms with Crippen LogP contribution in [0.1, 0.15) is 47.2 Å². The number of rotatable bonds is 7. The summed E-state index contributed by atoms with van der Waals surface area (Å²) in [7, 11) is 1.77. The van der Waals surface area contributed by atoms with Crippen LogP contribution in [-0.2, 0) is 27.4 Å². The number of amides is 3. The van der Waals surface area contributed by atoms with Crippen LogP contribution in [-0.4, -0.2) is 61.0 Å². The Hall–Kier alpha value is -2.29. The van der Waals surface area contributed by atoms with E-state index in [1.807, 2.05) is 18.2 Å². The highest BCUT2D eigenvalue weighted by molar-refractivity contribution is 6.05. The van der Waals surface area contributed by atoms with Crippen molar-refractivity contribution in [3.63, 3.8) is 0 Å². The van der Waals surface area contributed by atoms with Crippen LogP contribution < -0.4 is 16.0 Å². The SMILES string of the molecule is COCC12CNC(CNCc3ccc4c(c3)C(=O)N(C3CCC(=O)NC3=O)C4)(C1)C2. The van der Waals surface area contributed by atoms with E-state index in [2.05, 4.69) is 16.0 Å². The van der Waals surface area contributed by atoms with E-state index in [1.165, 1.54) is 0 Å². The van der Waals surface area contributed by atoms with Gasteiger partial charge in [-0.05, 0) is 36.5 Å². The molecule has 1 saturated carbocycles. The number of benzene rings is 1. The van der Waals surface area contributed by atoms with E-state index in [1.54, 1.807) is 12.0 Å². The van der Waals surface area contributed by atoms with Crippen molar-refractivity contribution < 1.29 is 19.1 Å². The fourth-order valence-electron chi connectivity index (χ4n) is 5.81. The van der Waals surface area contributed by atoms with Crippen LogP contribution in [0.3, 0.4) is 0 Å². The summed E-state index contributed by atoms with van der Waals surface area (Å²) in [4.78, 5) is 38.1. The molecule has 4 heterocycles. The second kappa shape index (κ2) is 7.14. The van der Waals surface area contributed by atoms with E-state index < -0.39 is 6.04 Å². The van der Waals surface area contributed by atoms with E-state index in [0.717, 1.165) is 43.7 Å². The first-order valence-corrected chi connectivity index (χ1v) is 10.6. The monoisotopic (exact) mass is 412 g/mol. The summed E-state index contributed by atoms with van der Waals surface area (Å²) in [6, 6.07) is 5.40. The van der Waals surface area contributed by atoms with Crippen molar-refractivity contribution in [3.8, 4) is 0 Å². The van der Waals surface area contributed by atoms with Gasteiger partial charge in [-0.3, -0.25) is 19.7 Å². The number of hydrogen-bond acceptors (Lipinski definition) is 6. The number of imide groups is 1. The van der Waals surface area contributed by atoms with Gasteiger partial charge in [-0.25, -0.2) is 0 Å². The van der Waals surface area contributed by atoms with E-state index in [0.29, 0.717) is 30.5 Å². The normalized spacial score (nSPS) is 32.2. The minimum atomic E-state index is -0.567. The lowest BCUT2D eigenvalue weighted by Crippen LogP contribution is -2.55. The quantitative estimate of drug-likeness (QED) is 0.558. The Morgan fingerprint density at radius 3 is 2.87 bits per heavy atom. The Bertz CT molecular complexity index is 908. The number of fused-ring (bicyclic) bond motifs is 2. The van der Waals surface area contributed by atoms with Crippen LogP contribution in [0, 0.1) is 5.41 Å². The second-order valence-corrected chi connectivity index (χ2v) is 9.42. The maximum Gasteiger partial charge on any atom is 0.255 e. The average molecular weight is 412 g/mol. The molecule has 8 nitrogen and oxygen atoms in total. The second-order valence-electron chi connectivity index (χ2n) is 9.42. The minimum Gasteiger partial charge on any atom is -0.384 e. The maximum atomic E-state index is 12.9. The molecule has 1 aliphatic carbocycles. The number of hydrogen-bond donors (Lipinski definition) is 3. The Labute approximate surface area is 175 Å². The highest BCUT2D eigenvalue weighted by atomic mass is 16.5. The van der Waals surface area contributed by atoms with Gasteiger partial charge in [0.25, 0.3) is 5.91 Å². The van der Waals surface area contributed by atoms with Crippen molar-refractivity contribution in [1.29, 1.82) is 0 Å². The standard InChI is InChI=1S/C22H28N4O4/c1-30-13-21-9-22(10-21,24-11-21)12-23-7-14-2-3-15-8-26(20(29)16(15)6-14)17-4-5-18(27)25-19(17)28/h2-3,6,17,23-24H,4-5,7-13H2,1H3,(H,25,27,28). The van der Waals surface area contributed by atoms with Crippen molar-refractivity contribution in [3.05, 3.63) is 34.9 Å². The molecule has 5 aliphatic rings. The Kier molecular flexibility index (Phi) is 4.68. The third-order valence-corrected chi connectivity index (χ3v) is 7.10. The van der Waals surface area contributed by atoms with Gasteiger partial charge in [-0.1, -0.05) is 12.1 Å². The van der Waals surface area contributed by atoms with Gasteiger partial charge in [-0.15, -0.1) is 0 Å². The first-order chi connectivity index (χ1) is 14.4. The van der Waals surface area contributed by atoms with Crippen LogP contribution in [0.2, 0.25) is 0 Å². The third-order valence-electron chi connectivity index (χ3n) is 7.10. The number of ether oxygens (including phenoxy) is 1. The zero-order valence-electron chi connectivity index (χ0n) is 17.3. The van der Waals surface area contributed by atoms with Gasteiger partial charge in [0.2, 0.25) is 11.8 Å². The predicted octanol–water partition coefficient (Wildman–Crippen LogP) is 0.306. The minimum absolute atomic E-state index is 0.124. The number of nitrogens with one attached hydrogen (secondary N) is 3. The van der Waals surface area contributed by atoms with Crippen molar-refractivity contribution in [2.24, 2.45) is 5.41 Å². The number of piperidine rings is 1. The molecule has 30 heavy (non-hydrogen) atoms. The van der Waals surface area contributed by atoms with Crippen molar-refractivity contribution >= 4 is 17.7 Å². The fraction of sp³-hybridized carbons (Fsp3) is 0.591. The fourth-order valence-corrected chi connectivity index (χ4v) is 5.81. The highest BCUT2D eigenvalue weighted by Gasteiger charge is 2.60. The van der Waals surface area contributed by atoms with Crippen LogP contribution >= 0.6 is 0 Å². The van der Waals surface area contributed by atoms with Gasteiger partial charge in [0, 0.05) is 56.2 Å². The van der Waals surface area contributed by atoms with Crippen molar-refractivity contribution in [2.75, 3.05) is 26.8 Å². The van der Waals surface area contributed by atoms with Gasteiger partial charge in [0.05, 0.1) is 6.61 Å². The topological polar surface area (TPSA) is 99.8 Å². The first-order valence-electron chi connectivity index (χ1n) is 10.6. The maximum absolute atomic E-state index is 12.9. The molecule has 3 saturated heterocycles. The summed E-state index contributed by atoms with van der Waals surface area (Å²) < 4.78 is 5.36. The number of methoxy groups -OCH3 is 1. The average Bonchev–Trinajstić information content (AvgIpc) is 3.32. The van der Waals surface area contributed by atoms with Gasteiger partial charge in [0.15, 0.2) is 0 Å². The summed E-state index contributed by atoms with van der Waals surface area (Å²) in [6.07, 6.45) is 2.94. The summed E-state index contributed by atoms with van der Waals surface area (Å²) >= 11 is 0. The number of carbonyl (C=O) groups excluding carboxylic acids is 3. The van der Waals surface area contributed by atoms with Gasteiger partial charge in [0.1, 0.15) is 6.04 Å². The third kappa shape index (κ3) is 3.23. The lowest BCUT2D eigenvalue weighted by Gasteiger charge is -2.46. The molecule has 1 aromatic rings. The number of nitrogens with zero attached hydrogens (tertiary/aromatic N) is 1. The molecule has 3 amide bonds. The molecule has 0 radical (unpaired) electrons. The van der Waals surface area contributed by atoms with Gasteiger partial charge < -0.3 is 20.3 Å². The Morgan fingerprint density at radius 1 is 1.27 bits per heavy atom. The van der Waals surface area contributed by atoms with E-state index >= 15 is 0 Å².